The van der Waals surface area contributed by atoms with Crippen LogP contribution in [-0.2, 0) is 11.2 Å². The SMILES string of the molecule is CCC[C@@]1(C2CCN(C(=O)c3cccnc3OC)CC2)NC(=O)N(CCc2cccs2)C1=O. The number of carbonyl (C=O) groups is 3. The molecule has 176 valence electrons. The van der Waals surface area contributed by atoms with Gasteiger partial charge in [0.05, 0.1) is 7.11 Å². The standard InChI is InChI=1S/C24H30N4O4S/c1-3-11-24(22(30)28(23(31)26-24)15-10-18-6-5-16-33-18)17-8-13-27(14-9-17)21(29)19-7-4-12-25-20(19)32-2/h4-7,12,16-17H,3,8-11,13-15H2,1-2H3,(H,26,31)/t24-/m0/s1. The number of hydrogen-bond acceptors (Lipinski definition) is 6. The number of amides is 4. The van der Waals surface area contributed by atoms with Crippen LogP contribution in [0.4, 0.5) is 4.79 Å². The Labute approximate surface area is 197 Å². The van der Waals surface area contributed by atoms with E-state index in [9.17, 15) is 14.4 Å². The van der Waals surface area contributed by atoms with Gasteiger partial charge in [0, 0.05) is 30.7 Å². The average molecular weight is 471 g/mol. The van der Waals surface area contributed by atoms with Crippen molar-refractivity contribution in [2.75, 3.05) is 26.7 Å². The minimum atomic E-state index is -0.886. The number of hydrogen-bond donors (Lipinski definition) is 1. The predicted molar refractivity (Wildman–Crippen MR) is 125 cm³/mol. The minimum absolute atomic E-state index is 0.0134. The number of ether oxygens (including phenoxy) is 1. The first-order valence-corrected chi connectivity index (χ1v) is 12.3. The first-order chi connectivity index (χ1) is 16.0. The highest BCUT2D eigenvalue weighted by Crippen LogP contribution is 2.37. The Kier molecular flexibility index (Phi) is 6.97. The van der Waals surface area contributed by atoms with Crippen LogP contribution in [0.15, 0.2) is 35.8 Å². The third-order valence-corrected chi connectivity index (χ3v) is 7.62. The summed E-state index contributed by atoms with van der Waals surface area (Å²) in [7, 11) is 1.50. The summed E-state index contributed by atoms with van der Waals surface area (Å²) in [6.07, 6.45) is 4.95. The lowest BCUT2D eigenvalue weighted by atomic mass is 9.74. The van der Waals surface area contributed by atoms with E-state index >= 15 is 0 Å². The Hall–Kier alpha value is -2.94. The number of urea groups is 1. The van der Waals surface area contributed by atoms with E-state index in [1.807, 2.05) is 24.4 Å². The van der Waals surface area contributed by atoms with E-state index in [1.54, 1.807) is 34.6 Å². The summed E-state index contributed by atoms with van der Waals surface area (Å²) in [6.45, 7) is 3.45. The van der Waals surface area contributed by atoms with Gasteiger partial charge in [-0.1, -0.05) is 19.4 Å². The molecule has 0 aromatic carbocycles. The maximum Gasteiger partial charge on any atom is 0.325 e. The van der Waals surface area contributed by atoms with Crippen LogP contribution in [0.5, 0.6) is 5.88 Å². The zero-order valence-corrected chi connectivity index (χ0v) is 19.9. The largest absolute Gasteiger partial charge is 0.480 e. The van der Waals surface area contributed by atoms with E-state index < -0.39 is 5.54 Å². The molecular formula is C24H30N4O4S. The van der Waals surface area contributed by atoms with E-state index in [0.717, 1.165) is 11.3 Å². The van der Waals surface area contributed by atoms with E-state index in [2.05, 4.69) is 10.3 Å². The van der Waals surface area contributed by atoms with E-state index in [1.165, 1.54) is 12.0 Å². The van der Waals surface area contributed by atoms with E-state index in [0.29, 0.717) is 56.8 Å². The van der Waals surface area contributed by atoms with Crippen LogP contribution in [0.2, 0.25) is 0 Å². The molecule has 33 heavy (non-hydrogen) atoms. The van der Waals surface area contributed by atoms with Gasteiger partial charge >= 0.3 is 6.03 Å². The zero-order chi connectivity index (χ0) is 23.4. The topological polar surface area (TPSA) is 91.8 Å². The molecule has 8 nitrogen and oxygen atoms in total. The summed E-state index contributed by atoms with van der Waals surface area (Å²) in [5.41, 5.74) is -0.450. The number of piperidine rings is 1. The number of imide groups is 1. The van der Waals surface area contributed by atoms with Crippen LogP contribution in [0, 0.1) is 5.92 Å². The third kappa shape index (κ3) is 4.46. The molecule has 4 amide bonds. The van der Waals surface area contributed by atoms with Crippen LogP contribution >= 0.6 is 11.3 Å². The van der Waals surface area contributed by atoms with Crippen molar-refractivity contribution in [2.24, 2.45) is 5.92 Å². The maximum atomic E-state index is 13.5. The molecule has 0 saturated carbocycles. The maximum absolute atomic E-state index is 13.5. The molecule has 2 fully saturated rings. The smallest absolute Gasteiger partial charge is 0.325 e. The number of pyridine rings is 1. The lowest BCUT2D eigenvalue weighted by Gasteiger charge is -2.41. The summed E-state index contributed by atoms with van der Waals surface area (Å²) in [6, 6.07) is 7.13. The number of methoxy groups -OCH3 is 1. The van der Waals surface area contributed by atoms with E-state index in [-0.39, 0.29) is 23.8 Å². The second-order valence-electron chi connectivity index (χ2n) is 8.56. The molecule has 2 aromatic heterocycles. The molecule has 2 saturated heterocycles. The van der Waals surface area contributed by atoms with Crippen LogP contribution in [0.3, 0.4) is 0 Å². The number of carbonyl (C=O) groups excluding carboxylic acids is 3. The van der Waals surface area contributed by atoms with Gasteiger partial charge in [-0.15, -0.1) is 11.3 Å². The fraction of sp³-hybridized carbons (Fsp3) is 0.500. The second kappa shape index (κ2) is 9.91. The Morgan fingerprint density at radius 1 is 1.27 bits per heavy atom. The highest BCUT2D eigenvalue weighted by Gasteiger charge is 2.55. The van der Waals surface area contributed by atoms with Crippen LogP contribution in [0.25, 0.3) is 0 Å². The molecule has 0 radical (unpaired) electrons. The molecule has 1 N–H and O–H groups in total. The number of nitrogens with one attached hydrogen (secondary N) is 1. The molecule has 0 unspecified atom stereocenters. The first kappa shape index (κ1) is 23.2. The average Bonchev–Trinajstić information content (AvgIpc) is 3.44. The summed E-state index contributed by atoms with van der Waals surface area (Å²) in [5, 5.41) is 5.07. The van der Waals surface area contributed by atoms with Crippen molar-refractivity contribution in [3.63, 3.8) is 0 Å². The van der Waals surface area contributed by atoms with Crippen molar-refractivity contribution in [1.29, 1.82) is 0 Å². The third-order valence-electron chi connectivity index (χ3n) is 6.68. The van der Waals surface area contributed by atoms with Gasteiger partial charge in [-0.3, -0.25) is 14.5 Å². The molecule has 9 heteroatoms. The lowest BCUT2D eigenvalue weighted by molar-refractivity contribution is -0.134. The summed E-state index contributed by atoms with van der Waals surface area (Å²) in [5.74, 6) is 0.0547. The Bertz CT molecular complexity index is 1000. The molecule has 2 aliphatic heterocycles. The molecule has 0 bridgehead atoms. The normalized spacial score (nSPS) is 21.4. The molecular weight excluding hydrogens is 440 g/mol. The van der Waals surface area contributed by atoms with Crippen LogP contribution in [0.1, 0.15) is 47.8 Å². The van der Waals surface area contributed by atoms with Gasteiger partial charge in [0.1, 0.15) is 11.1 Å². The van der Waals surface area contributed by atoms with Crippen molar-refractivity contribution in [1.82, 2.24) is 20.1 Å². The molecule has 4 rings (SSSR count). The molecule has 2 aromatic rings. The van der Waals surface area contributed by atoms with E-state index in [4.69, 9.17) is 4.74 Å². The van der Waals surface area contributed by atoms with Gasteiger partial charge in [-0.25, -0.2) is 9.78 Å². The summed E-state index contributed by atoms with van der Waals surface area (Å²) < 4.78 is 5.24. The van der Waals surface area contributed by atoms with Crippen molar-refractivity contribution < 1.29 is 19.1 Å². The Morgan fingerprint density at radius 2 is 2.06 bits per heavy atom. The lowest BCUT2D eigenvalue weighted by Crippen LogP contribution is -2.56. The predicted octanol–water partition coefficient (Wildman–Crippen LogP) is 3.34. The van der Waals surface area contributed by atoms with Crippen molar-refractivity contribution >= 4 is 29.2 Å². The number of likely N-dealkylation sites (tertiary alicyclic amines) is 1. The quantitative estimate of drug-likeness (QED) is 0.598. The highest BCUT2D eigenvalue weighted by atomic mass is 32.1. The van der Waals surface area contributed by atoms with Gasteiger partial charge in [0.25, 0.3) is 11.8 Å². The minimum Gasteiger partial charge on any atom is -0.480 e. The second-order valence-corrected chi connectivity index (χ2v) is 9.60. The number of rotatable bonds is 8. The van der Waals surface area contributed by atoms with Crippen LogP contribution < -0.4 is 10.1 Å². The van der Waals surface area contributed by atoms with Crippen molar-refractivity contribution in [2.45, 2.75) is 44.6 Å². The van der Waals surface area contributed by atoms with Gasteiger partial charge in [-0.05, 0) is 55.2 Å². The number of aromatic nitrogens is 1. The molecule has 2 aliphatic rings. The number of nitrogens with zero attached hydrogens (tertiary/aromatic N) is 3. The van der Waals surface area contributed by atoms with Crippen molar-refractivity contribution in [3.8, 4) is 5.88 Å². The molecule has 0 spiro atoms. The molecule has 4 heterocycles. The Balaban J connectivity index is 1.45. The monoisotopic (exact) mass is 470 g/mol. The highest BCUT2D eigenvalue weighted by molar-refractivity contribution is 7.09. The zero-order valence-electron chi connectivity index (χ0n) is 19.1. The van der Waals surface area contributed by atoms with Crippen LogP contribution in [-0.4, -0.2) is 64.9 Å². The van der Waals surface area contributed by atoms with Gasteiger partial charge < -0.3 is 15.0 Å². The molecule has 0 aliphatic carbocycles. The van der Waals surface area contributed by atoms with Gasteiger partial charge in [0.2, 0.25) is 5.88 Å². The number of thiophene rings is 1. The molecule has 1 atom stereocenters. The summed E-state index contributed by atoms with van der Waals surface area (Å²) >= 11 is 1.63. The fourth-order valence-electron chi connectivity index (χ4n) is 5.03. The summed E-state index contributed by atoms with van der Waals surface area (Å²) in [4.78, 5) is 47.8. The van der Waals surface area contributed by atoms with Crippen molar-refractivity contribution in [3.05, 3.63) is 46.3 Å². The first-order valence-electron chi connectivity index (χ1n) is 11.4. The van der Waals surface area contributed by atoms with Gasteiger partial charge in [-0.2, -0.15) is 0 Å². The fourth-order valence-corrected chi connectivity index (χ4v) is 5.73. The Morgan fingerprint density at radius 3 is 2.73 bits per heavy atom. The van der Waals surface area contributed by atoms with Gasteiger partial charge in [0.15, 0.2) is 0 Å².